The standard InChI is InChI=1S/C19H23N5OS/c1-15(25)24(11-17-9-21-14-22-10-17)18-3-2-5-23(6-4-18)12-19-7-16(8-20)13-26-19/h7,9-10,13-14,18H,2-6,11-12H2,1H3/t18-/m1/s1. The number of carbonyl (C=O) groups excluding carboxylic acids is 1. The van der Waals surface area contributed by atoms with Crippen molar-refractivity contribution >= 4 is 17.2 Å². The van der Waals surface area contributed by atoms with Gasteiger partial charge in [0.15, 0.2) is 0 Å². The first-order chi connectivity index (χ1) is 12.7. The summed E-state index contributed by atoms with van der Waals surface area (Å²) in [6.45, 7) is 5.07. The van der Waals surface area contributed by atoms with Crippen LogP contribution in [-0.2, 0) is 17.9 Å². The van der Waals surface area contributed by atoms with Crippen LogP contribution in [-0.4, -0.2) is 44.8 Å². The van der Waals surface area contributed by atoms with Gasteiger partial charge in [-0.15, -0.1) is 11.3 Å². The SMILES string of the molecule is CC(=O)N(Cc1cncnc1)[C@@H]1CCCN(Cc2cc(C#N)cs2)CC1. The van der Waals surface area contributed by atoms with E-state index in [4.69, 9.17) is 5.26 Å². The number of nitrogens with zero attached hydrogens (tertiary/aromatic N) is 5. The highest BCUT2D eigenvalue weighted by Crippen LogP contribution is 2.22. The maximum Gasteiger partial charge on any atom is 0.219 e. The van der Waals surface area contributed by atoms with E-state index in [1.54, 1.807) is 30.7 Å². The molecule has 0 aliphatic carbocycles. The minimum absolute atomic E-state index is 0.101. The molecule has 7 heteroatoms. The number of carbonyl (C=O) groups is 1. The van der Waals surface area contributed by atoms with Crippen molar-refractivity contribution < 1.29 is 4.79 Å². The third-order valence-electron chi connectivity index (χ3n) is 4.76. The number of rotatable bonds is 5. The Morgan fingerprint density at radius 1 is 1.38 bits per heavy atom. The van der Waals surface area contributed by atoms with E-state index in [9.17, 15) is 4.79 Å². The highest BCUT2D eigenvalue weighted by Gasteiger charge is 2.25. The predicted molar refractivity (Wildman–Crippen MR) is 100 cm³/mol. The highest BCUT2D eigenvalue weighted by molar-refractivity contribution is 7.10. The maximum absolute atomic E-state index is 12.2. The molecule has 1 fully saturated rings. The fraction of sp³-hybridized carbons (Fsp3) is 0.474. The zero-order valence-corrected chi connectivity index (χ0v) is 15.8. The Hall–Kier alpha value is -2.30. The topological polar surface area (TPSA) is 73.1 Å². The van der Waals surface area contributed by atoms with Gasteiger partial charge in [0.25, 0.3) is 0 Å². The van der Waals surface area contributed by atoms with Gasteiger partial charge in [-0.3, -0.25) is 9.69 Å². The van der Waals surface area contributed by atoms with Crippen molar-refractivity contribution in [1.82, 2.24) is 19.8 Å². The molecule has 0 bridgehead atoms. The van der Waals surface area contributed by atoms with Crippen LogP contribution >= 0.6 is 11.3 Å². The fourth-order valence-electron chi connectivity index (χ4n) is 3.46. The first-order valence-corrected chi connectivity index (χ1v) is 9.74. The summed E-state index contributed by atoms with van der Waals surface area (Å²) in [4.78, 5) is 25.9. The molecule has 0 radical (unpaired) electrons. The van der Waals surface area contributed by atoms with Gasteiger partial charge in [-0.1, -0.05) is 0 Å². The summed E-state index contributed by atoms with van der Waals surface area (Å²) in [7, 11) is 0. The second-order valence-electron chi connectivity index (χ2n) is 6.67. The van der Waals surface area contributed by atoms with Crippen LogP contribution in [0.1, 0.15) is 42.2 Å². The Kier molecular flexibility index (Phi) is 6.31. The lowest BCUT2D eigenvalue weighted by atomic mass is 10.1. The molecular weight excluding hydrogens is 346 g/mol. The van der Waals surface area contributed by atoms with Crippen LogP contribution < -0.4 is 0 Å². The molecule has 136 valence electrons. The summed E-state index contributed by atoms with van der Waals surface area (Å²) in [6, 6.07) is 4.41. The van der Waals surface area contributed by atoms with Crippen molar-refractivity contribution in [3.63, 3.8) is 0 Å². The van der Waals surface area contributed by atoms with E-state index in [1.807, 2.05) is 16.3 Å². The van der Waals surface area contributed by atoms with Crippen molar-refractivity contribution in [2.45, 2.75) is 45.3 Å². The van der Waals surface area contributed by atoms with E-state index >= 15 is 0 Å². The molecular formula is C19H23N5OS. The van der Waals surface area contributed by atoms with Crippen LogP contribution in [0.15, 0.2) is 30.2 Å². The third kappa shape index (κ3) is 4.87. The third-order valence-corrected chi connectivity index (χ3v) is 5.69. The van der Waals surface area contributed by atoms with E-state index in [-0.39, 0.29) is 11.9 Å². The lowest BCUT2D eigenvalue weighted by molar-refractivity contribution is -0.132. The molecule has 2 aromatic rings. The molecule has 3 rings (SSSR count). The Balaban J connectivity index is 1.60. The van der Waals surface area contributed by atoms with Gasteiger partial charge in [-0.2, -0.15) is 5.26 Å². The normalized spacial score (nSPS) is 18.1. The smallest absolute Gasteiger partial charge is 0.219 e. The Morgan fingerprint density at radius 2 is 2.19 bits per heavy atom. The van der Waals surface area contributed by atoms with E-state index in [1.165, 1.54) is 11.2 Å². The van der Waals surface area contributed by atoms with Crippen LogP contribution in [0.4, 0.5) is 0 Å². The van der Waals surface area contributed by atoms with Gasteiger partial charge < -0.3 is 4.90 Å². The average molecular weight is 369 g/mol. The quantitative estimate of drug-likeness (QED) is 0.810. The molecule has 1 amide bonds. The van der Waals surface area contributed by atoms with Crippen molar-refractivity contribution in [3.8, 4) is 6.07 Å². The molecule has 26 heavy (non-hydrogen) atoms. The second kappa shape index (κ2) is 8.88. The molecule has 0 N–H and O–H groups in total. The summed E-state index contributed by atoms with van der Waals surface area (Å²) in [5.74, 6) is 0.101. The second-order valence-corrected chi connectivity index (χ2v) is 7.66. The summed E-state index contributed by atoms with van der Waals surface area (Å²) in [5, 5.41) is 10.9. The molecule has 1 saturated heterocycles. The van der Waals surface area contributed by atoms with Crippen molar-refractivity contribution in [2.24, 2.45) is 0 Å². The van der Waals surface area contributed by atoms with Crippen LogP contribution in [0.3, 0.4) is 0 Å². The van der Waals surface area contributed by atoms with Gasteiger partial charge >= 0.3 is 0 Å². The zero-order valence-electron chi connectivity index (χ0n) is 15.0. The Bertz CT molecular complexity index is 770. The zero-order chi connectivity index (χ0) is 18.4. The number of hydrogen-bond acceptors (Lipinski definition) is 6. The number of aromatic nitrogens is 2. The molecule has 3 heterocycles. The number of hydrogen-bond donors (Lipinski definition) is 0. The van der Waals surface area contributed by atoms with E-state index < -0.39 is 0 Å². The number of amides is 1. The van der Waals surface area contributed by atoms with Crippen LogP contribution in [0.2, 0.25) is 0 Å². The van der Waals surface area contributed by atoms with Gasteiger partial charge in [-0.05, 0) is 31.9 Å². The lowest BCUT2D eigenvalue weighted by Gasteiger charge is -2.30. The van der Waals surface area contributed by atoms with Gasteiger partial charge in [0.05, 0.1) is 5.56 Å². The monoisotopic (exact) mass is 369 g/mol. The van der Waals surface area contributed by atoms with Gasteiger partial charge in [-0.25, -0.2) is 9.97 Å². The first kappa shape index (κ1) is 18.5. The average Bonchev–Trinajstić information content (AvgIpc) is 2.98. The Labute approximate surface area is 158 Å². The number of likely N-dealkylation sites (tertiary alicyclic amines) is 1. The van der Waals surface area contributed by atoms with Crippen molar-refractivity contribution in [3.05, 3.63) is 46.2 Å². The summed E-state index contributed by atoms with van der Waals surface area (Å²) >= 11 is 1.65. The molecule has 2 aromatic heterocycles. The predicted octanol–water partition coefficient (Wildman–Crippen LogP) is 2.81. The maximum atomic E-state index is 12.2. The van der Waals surface area contributed by atoms with E-state index in [2.05, 4.69) is 20.9 Å². The highest BCUT2D eigenvalue weighted by atomic mass is 32.1. The Morgan fingerprint density at radius 3 is 2.88 bits per heavy atom. The summed E-state index contributed by atoms with van der Waals surface area (Å²) in [6.07, 6.45) is 8.09. The molecule has 6 nitrogen and oxygen atoms in total. The molecule has 1 atom stereocenters. The lowest BCUT2D eigenvalue weighted by Crippen LogP contribution is -2.39. The van der Waals surface area contributed by atoms with Gasteiger partial charge in [0, 0.05) is 60.8 Å². The molecule has 0 saturated carbocycles. The summed E-state index contributed by atoms with van der Waals surface area (Å²) < 4.78 is 0. The van der Waals surface area contributed by atoms with Crippen LogP contribution in [0.25, 0.3) is 0 Å². The first-order valence-electron chi connectivity index (χ1n) is 8.86. The van der Waals surface area contributed by atoms with Gasteiger partial charge in [0.1, 0.15) is 12.4 Å². The number of thiophene rings is 1. The van der Waals surface area contributed by atoms with E-state index in [0.29, 0.717) is 6.54 Å². The summed E-state index contributed by atoms with van der Waals surface area (Å²) in [5.41, 5.74) is 1.71. The van der Waals surface area contributed by atoms with Crippen LogP contribution in [0.5, 0.6) is 0 Å². The largest absolute Gasteiger partial charge is 0.335 e. The van der Waals surface area contributed by atoms with Crippen molar-refractivity contribution in [2.75, 3.05) is 13.1 Å². The molecule has 0 aromatic carbocycles. The molecule has 1 aliphatic rings. The molecule has 0 unspecified atom stereocenters. The minimum Gasteiger partial charge on any atom is -0.335 e. The van der Waals surface area contributed by atoms with E-state index in [0.717, 1.165) is 50.0 Å². The fourth-order valence-corrected chi connectivity index (χ4v) is 4.31. The van der Waals surface area contributed by atoms with Gasteiger partial charge in [0.2, 0.25) is 5.91 Å². The van der Waals surface area contributed by atoms with Crippen LogP contribution in [0, 0.1) is 11.3 Å². The minimum atomic E-state index is 0.101. The molecule has 1 aliphatic heterocycles. The molecule has 0 spiro atoms. The van der Waals surface area contributed by atoms with Crippen molar-refractivity contribution in [1.29, 1.82) is 5.26 Å². The number of nitriles is 1.